The molecule has 1 amide bonds. The number of hydrogen-bond donors (Lipinski definition) is 1. The minimum Gasteiger partial charge on any atom is -0.496 e. The van der Waals surface area contributed by atoms with Crippen LogP contribution in [0.1, 0.15) is 28.8 Å². The van der Waals surface area contributed by atoms with Crippen molar-refractivity contribution < 1.29 is 19.4 Å². The minimum absolute atomic E-state index is 0.104. The molecule has 1 aromatic rings. The molecule has 1 N–H and O–H groups in total. The Morgan fingerprint density at radius 3 is 2.59 bits per heavy atom. The Morgan fingerprint density at radius 2 is 2.00 bits per heavy atom. The van der Waals surface area contributed by atoms with Crippen molar-refractivity contribution >= 4 is 11.9 Å². The highest BCUT2D eigenvalue weighted by molar-refractivity contribution is 5.95. The van der Waals surface area contributed by atoms with Gasteiger partial charge in [0.1, 0.15) is 5.75 Å². The number of carbonyl (C=O) groups is 2. The molecule has 2 fully saturated rings. The van der Waals surface area contributed by atoms with Crippen LogP contribution in [0.4, 0.5) is 0 Å². The predicted octanol–water partition coefficient (Wildman–Crippen LogP) is 2.19. The normalized spacial score (nSPS) is 24.4. The predicted molar refractivity (Wildman–Crippen MR) is 81.0 cm³/mol. The molecule has 0 aromatic heterocycles. The zero-order chi connectivity index (χ0) is 15.9. The summed E-state index contributed by atoms with van der Waals surface area (Å²) in [5.41, 5.74) is 1.53. The van der Waals surface area contributed by atoms with Crippen LogP contribution in [0.15, 0.2) is 18.2 Å². The van der Waals surface area contributed by atoms with Crippen LogP contribution in [-0.2, 0) is 4.79 Å². The molecule has 1 heterocycles. The largest absolute Gasteiger partial charge is 0.496 e. The molecule has 5 heteroatoms. The van der Waals surface area contributed by atoms with Crippen molar-refractivity contribution in [3.63, 3.8) is 0 Å². The summed E-state index contributed by atoms with van der Waals surface area (Å²) < 4.78 is 5.26. The third-order valence-corrected chi connectivity index (χ3v) is 4.85. The lowest BCUT2D eigenvalue weighted by molar-refractivity contribution is -0.142. The third-order valence-electron chi connectivity index (χ3n) is 4.85. The first-order valence-electron chi connectivity index (χ1n) is 7.68. The first kappa shape index (κ1) is 14.9. The first-order valence-corrected chi connectivity index (χ1v) is 7.68. The van der Waals surface area contributed by atoms with Crippen molar-refractivity contribution in [3.05, 3.63) is 29.3 Å². The second-order valence-electron chi connectivity index (χ2n) is 6.34. The van der Waals surface area contributed by atoms with Crippen LogP contribution < -0.4 is 4.74 Å². The number of benzene rings is 1. The Balaban J connectivity index is 1.79. The van der Waals surface area contributed by atoms with E-state index in [2.05, 4.69) is 0 Å². The lowest BCUT2D eigenvalue weighted by Gasteiger charge is -2.17. The van der Waals surface area contributed by atoms with E-state index in [0.29, 0.717) is 30.3 Å². The standard InChI is InChI=1S/C17H21NO4/c1-10-3-4-12(7-15(10)22-2)16(19)18-8-13(11-5-6-11)14(9-18)17(20)21/h3-4,7,11,13-14H,5-6,8-9H2,1-2H3,(H,20,21)/t13-,14+/m1/s1. The van der Waals surface area contributed by atoms with E-state index in [1.165, 1.54) is 0 Å². The molecular formula is C17H21NO4. The van der Waals surface area contributed by atoms with E-state index in [9.17, 15) is 14.7 Å². The van der Waals surface area contributed by atoms with Gasteiger partial charge in [0, 0.05) is 18.7 Å². The minimum atomic E-state index is -0.784. The number of methoxy groups -OCH3 is 1. The van der Waals surface area contributed by atoms with Gasteiger partial charge in [-0.1, -0.05) is 6.07 Å². The van der Waals surface area contributed by atoms with Gasteiger partial charge in [0.05, 0.1) is 13.0 Å². The summed E-state index contributed by atoms with van der Waals surface area (Å²) in [6, 6.07) is 5.37. The van der Waals surface area contributed by atoms with E-state index < -0.39 is 11.9 Å². The molecule has 2 atom stereocenters. The lowest BCUT2D eigenvalue weighted by Crippen LogP contribution is -2.30. The number of carboxylic acids is 1. The number of likely N-dealkylation sites (tertiary alicyclic amines) is 1. The van der Waals surface area contributed by atoms with Gasteiger partial charge in [0.15, 0.2) is 0 Å². The highest BCUT2D eigenvalue weighted by Gasteiger charge is 2.46. The number of rotatable bonds is 4. The molecule has 1 saturated heterocycles. The molecule has 0 unspecified atom stereocenters. The summed E-state index contributed by atoms with van der Waals surface area (Å²) in [6.45, 7) is 2.79. The summed E-state index contributed by atoms with van der Waals surface area (Å²) in [7, 11) is 1.58. The topological polar surface area (TPSA) is 66.8 Å². The van der Waals surface area contributed by atoms with E-state index in [0.717, 1.165) is 18.4 Å². The van der Waals surface area contributed by atoms with Crippen LogP contribution in [0.5, 0.6) is 5.75 Å². The Kier molecular flexibility index (Phi) is 3.81. The summed E-state index contributed by atoms with van der Waals surface area (Å²) in [6.07, 6.45) is 2.18. The number of nitrogens with zero attached hydrogens (tertiary/aromatic N) is 1. The monoisotopic (exact) mass is 303 g/mol. The number of amides is 1. The van der Waals surface area contributed by atoms with E-state index in [-0.39, 0.29) is 11.8 Å². The molecule has 1 aliphatic carbocycles. The van der Waals surface area contributed by atoms with Crippen molar-refractivity contribution in [2.24, 2.45) is 17.8 Å². The van der Waals surface area contributed by atoms with Gasteiger partial charge in [-0.05, 0) is 49.3 Å². The molecule has 0 bridgehead atoms. The summed E-state index contributed by atoms with van der Waals surface area (Å²) in [5, 5.41) is 9.39. The fourth-order valence-corrected chi connectivity index (χ4v) is 3.39. The van der Waals surface area contributed by atoms with Crippen LogP contribution >= 0.6 is 0 Å². The van der Waals surface area contributed by atoms with Gasteiger partial charge in [0.2, 0.25) is 0 Å². The molecule has 1 saturated carbocycles. The van der Waals surface area contributed by atoms with Crippen molar-refractivity contribution in [2.75, 3.05) is 20.2 Å². The maximum atomic E-state index is 12.7. The molecule has 3 rings (SSSR count). The SMILES string of the molecule is COc1cc(C(=O)N2C[C@H](C(=O)O)[C@@H](C3CC3)C2)ccc1C. The molecule has 2 aliphatic rings. The Bertz CT molecular complexity index is 609. The first-order chi connectivity index (χ1) is 10.5. The average molecular weight is 303 g/mol. The molecule has 0 radical (unpaired) electrons. The molecule has 5 nitrogen and oxygen atoms in total. The maximum Gasteiger partial charge on any atom is 0.308 e. The Labute approximate surface area is 129 Å². The molecule has 0 spiro atoms. The fourth-order valence-electron chi connectivity index (χ4n) is 3.39. The molecule has 1 aliphatic heterocycles. The zero-order valence-electron chi connectivity index (χ0n) is 12.9. The lowest BCUT2D eigenvalue weighted by atomic mass is 9.92. The van der Waals surface area contributed by atoms with Crippen molar-refractivity contribution in [3.8, 4) is 5.75 Å². The molecule has 1 aromatic carbocycles. The van der Waals surface area contributed by atoms with Gasteiger partial charge >= 0.3 is 5.97 Å². The summed E-state index contributed by atoms with van der Waals surface area (Å²) >= 11 is 0. The highest BCUT2D eigenvalue weighted by atomic mass is 16.5. The maximum absolute atomic E-state index is 12.7. The second-order valence-corrected chi connectivity index (χ2v) is 6.34. The second kappa shape index (κ2) is 5.63. The smallest absolute Gasteiger partial charge is 0.308 e. The number of hydrogen-bond acceptors (Lipinski definition) is 3. The van der Waals surface area contributed by atoms with Crippen LogP contribution in [0.25, 0.3) is 0 Å². The summed E-state index contributed by atoms with van der Waals surface area (Å²) in [4.78, 5) is 25.8. The average Bonchev–Trinajstić information content (AvgIpc) is 3.25. The van der Waals surface area contributed by atoms with E-state index in [1.807, 2.05) is 13.0 Å². The Morgan fingerprint density at radius 1 is 1.27 bits per heavy atom. The van der Waals surface area contributed by atoms with Crippen LogP contribution in [-0.4, -0.2) is 42.1 Å². The van der Waals surface area contributed by atoms with Crippen molar-refractivity contribution in [1.29, 1.82) is 0 Å². The number of ether oxygens (including phenoxy) is 1. The van der Waals surface area contributed by atoms with Crippen LogP contribution in [0, 0.1) is 24.7 Å². The van der Waals surface area contributed by atoms with E-state index in [4.69, 9.17) is 4.74 Å². The van der Waals surface area contributed by atoms with Gasteiger partial charge in [-0.2, -0.15) is 0 Å². The third kappa shape index (κ3) is 2.67. The quantitative estimate of drug-likeness (QED) is 0.926. The number of aliphatic carboxylic acids is 1. The number of carbonyl (C=O) groups excluding carboxylic acids is 1. The van der Waals surface area contributed by atoms with E-state index >= 15 is 0 Å². The summed E-state index contributed by atoms with van der Waals surface area (Å²) in [5.74, 6) is -0.0518. The van der Waals surface area contributed by atoms with Crippen molar-refractivity contribution in [1.82, 2.24) is 4.90 Å². The Hall–Kier alpha value is -2.04. The molecular weight excluding hydrogens is 282 g/mol. The van der Waals surface area contributed by atoms with Crippen molar-refractivity contribution in [2.45, 2.75) is 19.8 Å². The van der Waals surface area contributed by atoms with Gasteiger partial charge in [0.25, 0.3) is 5.91 Å². The van der Waals surface area contributed by atoms with Crippen LogP contribution in [0.2, 0.25) is 0 Å². The van der Waals surface area contributed by atoms with E-state index in [1.54, 1.807) is 24.1 Å². The van der Waals surface area contributed by atoms with Gasteiger partial charge in [-0.25, -0.2) is 0 Å². The number of carboxylic acid groups (broad SMARTS) is 1. The van der Waals surface area contributed by atoms with Gasteiger partial charge in [-0.15, -0.1) is 0 Å². The highest BCUT2D eigenvalue weighted by Crippen LogP contribution is 2.44. The van der Waals surface area contributed by atoms with Gasteiger partial charge in [-0.3, -0.25) is 9.59 Å². The number of aryl methyl sites for hydroxylation is 1. The van der Waals surface area contributed by atoms with Crippen LogP contribution in [0.3, 0.4) is 0 Å². The molecule has 22 heavy (non-hydrogen) atoms. The molecule has 118 valence electrons. The van der Waals surface area contributed by atoms with Gasteiger partial charge < -0.3 is 14.7 Å². The zero-order valence-corrected chi connectivity index (χ0v) is 12.9. The fraction of sp³-hybridized carbons (Fsp3) is 0.529.